The van der Waals surface area contributed by atoms with Crippen LogP contribution in [0.1, 0.15) is 59.1 Å². The smallest absolute Gasteiger partial charge is 0.348 e. The summed E-state index contributed by atoms with van der Waals surface area (Å²) in [5.41, 5.74) is 1.36. The van der Waals surface area contributed by atoms with Crippen LogP contribution in [0, 0.1) is 5.92 Å². The summed E-state index contributed by atoms with van der Waals surface area (Å²) in [5, 5.41) is 2.78. The van der Waals surface area contributed by atoms with Gasteiger partial charge in [0.2, 0.25) is 10.0 Å². The molecule has 1 aliphatic heterocycles. The quantitative estimate of drug-likeness (QED) is 0.543. The van der Waals surface area contributed by atoms with E-state index < -0.39 is 28.5 Å². The number of ether oxygens (including phenoxy) is 1. The lowest BCUT2D eigenvalue weighted by molar-refractivity contribution is -0.119. The number of hydrogen-bond acceptors (Lipinski definition) is 6. The highest BCUT2D eigenvalue weighted by atomic mass is 35.5. The second-order valence-corrected chi connectivity index (χ2v) is 12.5. The summed E-state index contributed by atoms with van der Waals surface area (Å²) in [6.45, 7) is 2.67. The number of nitrogens with zero attached hydrogens (tertiary/aromatic N) is 1. The van der Waals surface area contributed by atoms with Crippen LogP contribution in [0.15, 0.2) is 29.2 Å². The van der Waals surface area contributed by atoms with Gasteiger partial charge in [-0.25, -0.2) is 13.2 Å². The van der Waals surface area contributed by atoms with Gasteiger partial charge in [0.15, 0.2) is 6.61 Å². The molecule has 1 saturated heterocycles. The monoisotopic (exact) mass is 524 g/mol. The molecule has 0 spiro atoms. The van der Waals surface area contributed by atoms with E-state index in [1.807, 2.05) is 6.07 Å². The molecule has 0 saturated carbocycles. The molecule has 4 rings (SSSR count). The molecule has 1 fully saturated rings. The van der Waals surface area contributed by atoms with Crippen LogP contribution in [0.4, 0.5) is 5.69 Å². The summed E-state index contributed by atoms with van der Waals surface area (Å²) >= 11 is 7.63. The first-order chi connectivity index (χ1) is 16.2. The van der Waals surface area contributed by atoms with E-state index in [1.54, 1.807) is 0 Å². The Morgan fingerprint density at radius 2 is 1.91 bits per heavy atom. The fourth-order valence-corrected chi connectivity index (χ4v) is 7.20. The summed E-state index contributed by atoms with van der Waals surface area (Å²) in [6, 6.07) is 6.11. The number of esters is 1. The number of fused-ring (bicyclic) bond motifs is 1. The number of amides is 1. The van der Waals surface area contributed by atoms with Crippen molar-refractivity contribution in [2.45, 2.75) is 56.8 Å². The van der Waals surface area contributed by atoms with Gasteiger partial charge < -0.3 is 10.1 Å². The zero-order valence-electron chi connectivity index (χ0n) is 19.1. The lowest BCUT2D eigenvalue weighted by Crippen LogP contribution is -2.32. The molecule has 1 N–H and O–H groups in total. The number of nitrogens with one attached hydrogen (secondary N) is 1. The van der Waals surface area contributed by atoms with Crippen molar-refractivity contribution in [3.63, 3.8) is 0 Å². The molecular formula is C24H29ClN2O5S2. The van der Waals surface area contributed by atoms with Gasteiger partial charge in [-0.3, -0.25) is 4.79 Å². The number of benzene rings is 1. The number of hydrogen-bond donors (Lipinski definition) is 1. The van der Waals surface area contributed by atoms with E-state index in [1.165, 1.54) is 44.3 Å². The molecule has 0 unspecified atom stereocenters. The number of thiophene rings is 1. The molecule has 1 aliphatic carbocycles. The molecule has 2 aromatic rings. The molecule has 0 radical (unpaired) electrons. The van der Waals surface area contributed by atoms with Gasteiger partial charge in [0.1, 0.15) is 4.88 Å². The summed E-state index contributed by atoms with van der Waals surface area (Å²) < 4.78 is 32.8. The molecule has 10 heteroatoms. The molecule has 1 amide bonds. The number of aryl methyl sites for hydroxylation is 1. The largest absolute Gasteiger partial charge is 0.451 e. The first kappa shape index (κ1) is 25.2. The van der Waals surface area contributed by atoms with Crippen molar-refractivity contribution in [1.82, 2.24) is 4.31 Å². The number of carbonyl (C=O) groups excluding carboxylic acids is 2. The van der Waals surface area contributed by atoms with Gasteiger partial charge in [0, 0.05) is 18.0 Å². The van der Waals surface area contributed by atoms with Gasteiger partial charge in [0.05, 0.1) is 15.6 Å². The zero-order chi connectivity index (χ0) is 24.3. The molecule has 1 aromatic heterocycles. The Balaban J connectivity index is 1.39. The second-order valence-electron chi connectivity index (χ2n) is 8.99. The van der Waals surface area contributed by atoms with Gasteiger partial charge in [-0.15, -0.1) is 11.3 Å². The van der Waals surface area contributed by atoms with Crippen molar-refractivity contribution in [1.29, 1.82) is 0 Å². The average molecular weight is 525 g/mol. The Morgan fingerprint density at radius 3 is 2.65 bits per heavy atom. The SMILES string of the molecule is C[C@@H]1CCc2sc(C(=O)OCC(=O)Nc3cc(S(=O)(=O)N4CCCCCC4)ccc3Cl)cc2C1. The maximum Gasteiger partial charge on any atom is 0.348 e. The maximum atomic E-state index is 13.1. The molecule has 2 aliphatic rings. The summed E-state index contributed by atoms with van der Waals surface area (Å²) in [6.07, 6.45) is 6.71. The summed E-state index contributed by atoms with van der Waals surface area (Å²) in [4.78, 5) is 26.7. The van der Waals surface area contributed by atoms with Crippen molar-refractivity contribution in [2.24, 2.45) is 5.92 Å². The Morgan fingerprint density at radius 1 is 1.18 bits per heavy atom. The van der Waals surface area contributed by atoms with Crippen molar-refractivity contribution in [2.75, 3.05) is 25.0 Å². The third kappa shape index (κ3) is 5.82. The molecule has 184 valence electrons. The number of anilines is 1. The minimum Gasteiger partial charge on any atom is -0.451 e. The predicted octanol–water partition coefficient (Wildman–Crippen LogP) is 4.89. The zero-order valence-corrected chi connectivity index (χ0v) is 21.5. The number of sulfonamides is 1. The van der Waals surface area contributed by atoms with Crippen molar-refractivity contribution < 1.29 is 22.7 Å². The van der Waals surface area contributed by atoms with Crippen LogP contribution in [-0.2, 0) is 32.4 Å². The number of rotatable bonds is 6. The van der Waals surface area contributed by atoms with Gasteiger partial charge in [-0.2, -0.15) is 4.31 Å². The standard InChI is InChI=1S/C24H29ClN2O5S2/c1-16-6-9-21-17(12-16)13-22(33-21)24(29)32-15-23(28)26-20-14-18(7-8-19(20)25)34(30,31)27-10-4-2-3-5-11-27/h7-8,13-14,16H,2-6,9-12,15H2,1H3,(H,26,28)/t16-/m1/s1. The van der Waals surface area contributed by atoms with Crippen LogP contribution in [0.2, 0.25) is 5.02 Å². The highest BCUT2D eigenvalue weighted by Gasteiger charge is 2.26. The maximum absolute atomic E-state index is 13.1. The van der Waals surface area contributed by atoms with Crippen LogP contribution < -0.4 is 5.32 Å². The van der Waals surface area contributed by atoms with Gasteiger partial charge in [-0.05, 0) is 67.9 Å². The van der Waals surface area contributed by atoms with Crippen LogP contribution in [0.3, 0.4) is 0 Å². The molecule has 1 atom stereocenters. The Labute approximate surface area is 209 Å². The summed E-state index contributed by atoms with van der Waals surface area (Å²) in [5.74, 6) is -0.527. The lowest BCUT2D eigenvalue weighted by atomic mass is 9.90. The molecule has 2 heterocycles. The number of halogens is 1. The molecule has 7 nitrogen and oxygen atoms in total. The van der Waals surface area contributed by atoms with E-state index in [9.17, 15) is 18.0 Å². The first-order valence-corrected chi connectivity index (χ1v) is 14.3. The van der Waals surface area contributed by atoms with Crippen molar-refractivity contribution >= 4 is 50.5 Å². The van der Waals surface area contributed by atoms with E-state index in [4.69, 9.17) is 16.3 Å². The Kier molecular flexibility index (Phi) is 7.97. The minimum atomic E-state index is -3.69. The minimum absolute atomic E-state index is 0.0736. The predicted molar refractivity (Wildman–Crippen MR) is 133 cm³/mol. The second kappa shape index (κ2) is 10.8. The molecular weight excluding hydrogens is 496 g/mol. The van der Waals surface area contributed by atoms with Gasteiger partial charge in [-0.1, -0.05) is 31.4 Å². The van der Waals surface area contributed by atoms with Crippen molar-refractivity contribution in [3.8, 4) is 0 Å². The van der Waals surface area contributed by atoms with Crippen LogP contribution in [0.5, 0.6) is 0 Å². The fraction of sp³-hybridized carbons (Fsp3) is 0.500. The van der Waals surface area contributed by atoms with Crippen molar-refractivity contribution in [3.05, 3.63) is 44.6 Å². The van der Waals surface area contributed by atoms with Crippen LogP contribution in [0.25, 0.3) is 0 Å². The first-order valence-electron chi connectivity index (χ1n) is 11.6. The Bertz CT molecular complexity index is 1170. The van der Waals surface area contributed by atoms with E-state index in [0.29, 0.717) is 23.9 Å². The van der Waals surface area contributed by atoms with Crippen LogP contribution >= 0.6 is 22.9 Å². The van der Waals surface area contributed by atoms with E-state index >= 15 is 0 Å². The van der Waals surface area contributed by atoms with E-state index in [0.717, 1.165) is 44.9 Å². The van der Waals surface area contributed by atoms with E-state index in [2.05, 4.69) is 12.2 Å². The third-order valence-electron chi connectivity index (χ3n) is 6.28. The molecule has 1 aromatic carbocycles. The van der Waals surface area contributed by atoms with E-state index in [-0.39, 0.29) is 15.6 Å². The van der Waals surface area contributed by atoms with Gasteiger partial charge >= 0.3 is 5.97 Å². The average Bonchev–Trinajstić information content (AvgIpc) is 3.02. The topological polar surface area (TPSA) is 92.8 Å². The lowest BCUT2D eigenvalue weighted by Gasteiger charge is -2.20. The number of carbonyl (C=O) groups is 2. The highest BCUT2D eigenvalue weighted by molar-refractivity contribution is 7.89. The fourth-order valence-electron chi connectivity index (χ4n) is 4.39. The summed E-state index contributed by atoms with van der Waals surface area (Å²) in [7, 11) is -3.69. The molecule has 0 bridgehead atoms. The normalized spacial score (nSPS) is 19.2. The highest BCUT2D eigenvalue weighted by Crippen LogP contribution is 2.32. The molecule has 34 heavy (non-hydrogen) atoms. The van der Waals surface area contributed by atoms with Gasteiger partial charge in [0.25, 0.3) is 5.91 Å². The van der Waals surface area contributed by atoms with Crippen LogP contribution in [-0.4, -0.2) is 44.3 Å². The Hall–Kier alpha value is -1.94. The third-order valence-corrected chi connectivity index (χ3v) is 9.72.